The average molecular weight is 222 g/mol. The van der Waals surface area contributed by atoms with E-state index in [2.05, 4.69) is 22.6 Å². The molecular formula is C9H10N4OS. The number of rotatable bonds is 1. The van der Waals surface area contributed by atoms with Crippen molar-refractivity contribution in [3.8, 4) is 6.07 Å². The number of nitriles is 1. The summed E-state index contributed by atoms with van der Waals surface area (Å²) in [6, 6.07) is 3.57. The number of morpholine rings is 1. The van der Waals surface area contributed by atoms with Gasteiger partial charge in [0.2, 0.25) is 5.95 Å². The van der Waals surface area contributed by atoms with Crippen LogP contribution in [0.25, 0.3) is 0 Å². The van der Waals surface area contributed by atoms with Gasteiger partial charge < -0.3 is 9.64 Å². The zero-order valence-electron chi connectivity index (χ0n) is 8.00. The molecule has 1 fully saturated rings. The molecule has 2 rings (SSSR count). The fraction of sp³-hybridized carbons (Fsp3) is 0.444. The molecule has 1 unspecified atom stereocenters. The van der Waals surface area contributed by atoms with Gasteiger partial charge in [0.15, 0.2) is 0 Å². The molecule has 1 aliphatic heterocycles. The largest absolute Gasteiger partial charge is 0.364 e. The van der Waals surface area contributed by atoms with Crippen LogP contribution in [0.2, 0.25) is 0 Å². The van der Waals surface area contributed by atoms with Crippen LogP contribution in [0.5, 0.6) is 0 Å². The molecule has 0 saturated carbocycles. The monoisotopic (exact) mass is 222 g/mol. The van der Waals surface area contributed by atoms with Crippen molar-refractivity contribution >= 4 is 18.6 Å². The van der Waals surface area contributed by atoms with Crippen molar-refractivity contribution in [3.63, 3.8) is 0 Å². The normalized spacial score (nSPS) is 21.1. The number of ether oxygens (including phenoxy) is 1. The first-order chi connectivity index (χ1) is 7.29. The summed E-state index contributed by atoms with van der Waals surface area (Å²) in [6.07, 6.45) is 1.59. The molecule has 0 aliphatic carbocycles. The van der Waals surface area contributed by atoms with Crippen molar-refractivity contribution in [1.82, 2.24) is 9.97 Å². The third kappa shape index (κ3) is 2.37. The minimum Gasteiger partial charge on any atom is -0.364 e. The predicted octanol–water partition coefficient (Wildman–Crippen LogP) is 0.441. The number of aromatic nitrogens is 2. The van der Waals surface area contributed by atoms with Crippen LogP contribution in [0.4, 0.5) is 5.95 Å². The lowest BCUT2D eigenvalue weighted by atomic mass is 10.4. The Balaban J connectivity index is 2.18. The van der Waals surface area contributed by atoms with E-state index in [4.69, 9.17) is 10.00 Å². The van der Waals surface area contributed by atoms with Crippen molar-refractivity contribution in [2.24, 2.45) is 0 Å². The molecule has 0 amide bonds. The topological polar surface area (TPSA) is 62.0 Å². The molecule has 1 saturated heterocycles. The number of hydrogen-bond donors (Lipinski definition) is 1. The van der Waals surface area contributed by atoms with Crippen molar-refractivity contribution < 1.29 is 4.74 Å². The zero-order valence-corrected chi connectivity index (χ0v) is 8.89. The van der Waals surface area contributed by atoms with Crippen LogP contribution in [0, 0.1) is 11.3 Å². The van der Waals surface area contributed by atoms with Gasteiger partial charge in [-0.1, -0.05) is 0 Å². The molecule has 1 aromatic heterocycles. The lowest BCUT2D eigenvalue weighted by Gasteiger charge is -2.30. The quantitative estimate of drug-likeness (QED) is 0.699. The third-order valence-electron chi connectivity index (χ3n) is 2.09. The Morgan fingerprint density at radius 3 is 3.27 bits per heavy atom. The Morgan fingerprint density at radius 2 is 2.53 bits per heavy atom. The van der Waals surface area contributed by atoms with E-state index in [9.17, 15) is 0 Å². The second-order valence-corrected chi connectivity index (χ2v) is 3.70. The number of nitrogens with zero attached hydrogens (tertiary/aromatic N) is 4. The van der Waals surface area contributed by atoms with Crippen LogP contribution >= 0.6 is 12.6 Å². The molecule has 0 radical (unpaired) electrons. The standard InChI is InChI=1S/C9H10N4OS/c10-5-7-1-2-11-9(12-7)13-3-4-14-8(15)6-13/h1-2,8,15H,3-4,6H2. The van der Waals surface area contributed by atoms with Crippen molar-refractivity contribution in [2.45, 2.75) is 5.44 Å². The minimum atomic E-state index is -0.118. The molecule has 0 N–H and O–H groups in total. The highest BCUT2D eigenvalue weighted by Crippen LogP contribution is 2.14. The maximum atomic E-state index is 8.71. The van der Waals surface area contributed by atoms with E-state index in [1.165, 1.54) is 0 Å². The highest BCUT2D eigenvalue weighted by atomic mass is 32.1. The summed E-state index contributed by atoms with van der Waals surface area (Å²) in [5.74, 6) is 0.566. The smallest absolute Gasteiger partial charge is 0.226 e. The summed E-state index contributed by atoms with van der Waals surface area (Å²) in [5, 5.41) is 8.71. The lowest BCUT2D eigenvalue weighted by molar-refractivity contribution is 0.0990. The molecular weight excluding hydrogens is 212 g/mol. The number of hydrogen-bond acceptors (Lipinski definition) is 6. The van der Waals surface area contributed by atoms with Crippen molar-refractivity contribution in [3.05, 3.63) is 18.0 Å². The first kappa shape index (κ1) is 10.2. The number of anilines is 1. The Kier molecular flexibility index (Phi) is 3.04. The van der Waals surface area contributed by atoms with Crippen LogP contribution < -0.4 is 4.90 Å². The lowest BCUT2D eigenvalue weighted by Crippen LogP contribution is -2.41. The summed E-state index contributed by atoms with van der Waals surface area (Å²) in [5.41, 5.74) is 0.260. The highest BCUT2D eigenvalue weighted by Gasteiger charge is 2.19. The average Bonchev–Trinajstić information content (AvgIpc) is 2.29. The van der Waals surface area contributed by atoms with Gasteiger partial charge in [-0.05, 0) is 6.07 Å². The maximum Gasteiger partial charge on any atom is 0.226 e. The molecule has 15 heavy (non-hydrogen) atoms. The summed E-state index contributed by atoms with van der Waals surface area (Å²) in [6.45, 7) is 1.97. The molecule has 1 aromatic rings. The van der Waals surface area contributed by atoms with Crippen molar-refractivity contribution in [1.29, 1.82) is 5.26 Å². The van der Waals surface area contributed by atoms with Gasteiger partial charge in [-0.15, -0.1) is 12.6 Å². The van der Waals surface area contributed by atoms with E-state index >= 15 is 0 Å². The van der Waals surface area contributed by atoms with E-state index < -0.39 is 0 Å². The summed E-state index contributed by atoms with van der Waals surface area (Å²) in [4.78, 5) is 10.2. The fourth-order valence-corrected chi connectivity index (χ4v) is 1.68. The number of thiol groups is 1. The van der Waals surface area contributed by atoms with Crippen LogP contribution in [0.15, 0.2) is 12.3 Å². The Bertz CT molecular complexity index is 392. The van der Waals surface area contributed by atoms with Gasteiger partial charge in [0.25, 0.3) is 0 Å². The molecule has 78 valence electrons. The fourth-order valence-electron chi connectivity index (χ4n) is 1.38. The van der Waals surface area contributed by atoms with E-state index in [1.54, 1.807) is 12.3 Å². The summed E-state index contributed by atoms with van der Waals surface area (Å²) < 4.78 is 5.29. The second-order valence-electron chi connectivity index (χ2n) is 3.13. The van der Waals surface area contributed by atoms with Gasteiger partial charge in [0, 0.05) is 12.7 Å². The van der Waals surface area contributed by atoms with E-state index in [-0.39, 0.29) is 5.44 Å². The first-order valence-electron chi connectivity index (χ1n) is 4.57. The molecule has 2 heterocycles. The Hall–Kier alpha value is -1.32. The molecule has 6 heteroatoms. The minimum absolute atomic E-state index is 0.118. The van der Waals surface area contributed by atoms with Gasteiger partial charge in [0.05, 0.1) is 13.2 Å². The molecule has 1 atom stereocenters. The molecule has 1 aliphatic rings. The van der Waals surface area contributed by atoms with E-state index in [0.717, 1.165) is 6.54 Å². The highest BCUT2D eigenvalue weighted by molar-refractivity contribution is 7.80. The summed E-state index contributed by atoms with van der Waals surface area (Å²) >= 11 is 4.24. The van der Waals surface area contributed by atoms with E-state index in [0.29, 0.717) is 24.8 Å². The van der Waals surface area contributed by atoms with Gasteiger partial charge >= 0.3 is 0 Å². The molecule has 0 spiro atoms. The maximum absolute atomic E-state index is 8.71. The summed E-state index contributed by atoms with van der Waals surface area (Å²) in [7, 11) is 0. The van der Waals surface area contributed by atoms with Crippen molar-refractivity contribution in [2.75, 3.05) is 24.6 Å². The predicted molar refractivity (Wildman–Crippen MR) is 57.7 cm³/mol. The Labute approximate surface area is 93.1 Å². The SMILES string of the molecule is N#Cc1ccnc(N2CCOC(S)C2)n1. The van der Waals surface area contributed by atoms with Gasteiger partial charge in [-0.2, -0.15) is 5.26 Å². The van der Waals surface area contributed by atoms with Gasteiger partial charge in [-0.25, -0.2) is 9.97 Å². The molecule has 0 aromatic carbocycles. The van der Waals surface area contributed by atoms with Crippen LogP contribution in [0.1, 0.15) is 5.69 Å². The Morgan fingerprint density at radius 1 is 1.67 bits per heavy atom. The molecule has 5 nitrogen and oxygen atoms in total. The van der Waals surface area contributed by atoms with Crippen LogP contribution in [0.3, 0.4) is 0 Å². The molecule has 0 bridgehead atoms. The first-order valence-corrected chi connectivity index (χ1v) is 5.09. The van der Waals surface area contributed by atoms with Crippen LogP contribution in [-0.4, -0.2) is 35.1 Å². The second kappa shape index (κ2) is 4.47. The van der Waals surface area contributed by atoms with Gasteiger partial charge in [0.1, 0.15) is 17.2 Å². The van der Waals surface area contributed by atoms with E-state index in [1.807, 2.05) is 11.0 Å². The zero-order chi connectivity index (χ0) is 10.7. The third-order valence-corrected chi connectivity index (χ3v) is 2.40. The van der Waals surface area contributed by atoms with Crippen LogP contribution in [-0.2, 0) is 4.74 Å². The van der Waals surface area contributed by atoms with Gasteiger partial charge in [-0.3, -0.25) is 0 Å².